The van der Waals surface area contributed by atoms with Gasteiger partial charge in [0.25, 0.3) is 0 Å². The third-order valence-corrected chi connectivity index (χ3v) is 2.12. The first-order valence-corrected chi connectivity index (χ1v) is 5.62. The number of rotatable bonds is 6. The number of nitrogens with one attached hydrogen (secondary N) is 2. The summed E-state index contributed by atoms with van der Waals surface area (Å²) in [6, 6.07) is 0.994. The van der Waals surface area contributed by atoms with Crippen LogP contribution < -0.4 is 10.6 Å². The molecule has 8 heteroatoms. The average Bonchev–Trinajstić information content (AvgIpc) is 2.37. The molecule has 0 spiro atoms. The SMILES string of the molecule is O=C(O)CCCC(=O)NC(=O)NCc1ccncn1. The molecule has 1 rings (SSSR count). The number of nitrogens with zero attached hydrogens (tertiary/aromatic N) is 2. The lowest BCUT2D eigenvalue weighted by molar-refractivity contribution is -0.137. The van der Waals surface area contributed by atoms with E-state index >= 15 is 0 Å². The van der Waals surface area contributed by atoms with Crippen molar-refractivity contribution in [2.75, 3.05) is 0 Å². The number of aliphatic carboxylic acids is 1. The number of carbonyl (C=O) groups excluding carboxylic acids is 2. The Bertz CT molecular complexity index is 449. The van der Waals surface area contributed by atoms with Crippen molar-refractivity contribution in [2.24, 2.45) is 0 Å². The van der Waals surface area contributed by atoms with Crippen LogP contribution in [0, 0.1) is 0 Å². The molecule has 0 bridgehead atoms. The predicted octanol–water partition coefficient (Wildman–Crippen LogP) is 0.0573. The highest BCUT2D eigenvalue weighted by molar-refractivity contribution is 5.94. The van der Waals surface area contributed by atoms with Crippen molar-refractivity contribution in [3.05, 3.63) is 24.3 Å². The number of amides is 3. The van der Waals surface area contributed by atoms with E-state index in [-0.39, 0.29) is 25.8 Å². The van der Waals surface area contributed by atoms with Crippen molar-refractivity contribution >= 4 is 17.9 Å². The molecule has 0 aliphatic carbocycles. The van der Waals surface area contributed by atoms with E-state index in [1.54, 1.807) is 12.3 Å². The zero-order valence-electron chi connectivity index (χ0n) is 10.1. The summed E-state index contributed by atoms with van der Waals surface area (Å²) in [7, 11) is 0. The lowest BCUT2D eigenvalue weighted by atomic mass is 10.2. The topological polar surface area (TPSA) is 121 Å². The lowest BCUT2D eigenvalue weighted by Gasteiger charge is -2.05. The number of imide groups is 1. The van der Waals surface area contributed by atoms with Gasteiger partial charge in [-0.15, -0.1) is 0 Å². The smallest absolute Gasteiger partial charge is 0.321 e. The van der Waals surface area contributed by atoms with Gasteiger partial charge in [-0.2, -0.15) is 0 Å². The van der Waals surface area contributed by atoms with Crippen LogP contribution in [0.25, 0.3) is 0 Å². The molecule has 1 heterocycles. The third-order valence-electron chi connectivity index (χ3n) is 2.12. The van der Waals surface area contributed by atoms with E-state index in [9.17, 15) is 14.4 Å². The van der Waals surface area contributed by atoms with Gasteiger partial charge in [0.15, 0.2) is 0 Å². The Hall–Kier alpha value is -2.51. The monoisotopic (exact) mass is 266 g/mol. The van der Waals surface area contributed by atoms with Gasteiger partial charge in [0, 0.05) is 19.0 Å². The van der Waals surface area contributed by atoms with Gasteiger partial charge >= 0.3 is 12.0 Å². The van der Waals surface area contributed by atoms with Crippen LogP contribution in [0.15, 0.2) is 18.6 Å². The maximum absolute atomic E-state index is 11.3. The Kier molecular flexibility index (Phi) is 5.93. The maximum atomic E-state index is 11.3. The molecule has 8 nitrogen and oxygen atoms in total. The zero-order valence-corrected chi connectivity index (χ0v) is 10.1. The quantitative estimate of drug-likeness (QED) is 0.669. The van der Waals surface area contributed by atoms with Crippen LogP contribution in [0.1, 0.15) is 25.0 Å². The number of carboxylic acid groups (broad SMARTS) is 1. The van der Waals surface area contributed by atoms with Crippen LogP contribution >= 0.6 is 0 Å². The standard InChI is InChI=1S/C11H14N4O4/c16-9(2-1-3-10(17)18)15-11(19)13-6-8-4-5-12-7-14-8/h4-5,7H,1-3,6H2,(H,17,18)(H2,13,15,16,19). The Morgan fingerprint density at radius 3 is 2.68 bits per heavy atom. The summed E-state index contributed by atoms with van der Waals surface area (Å²) in [6.45, 7) is 0.177. The van der Waals surface area contributed by atoms with Crippen LogP contribution in [-0.4, -0.2) is 33.0 Å². The normalized spacial score (nSPS) is 9.68. The molecule has 0 radical (unpaired) electrons. The molecule has 0 atom stereocenters. The molecule has 0 fully saturated rings. The van der Waals surface area contributed by atoms with Gasteiger partial charge in [0.05, 0.1) is 12.2 Å². The second-order valence-electron chi connectivity index (χ2n) is 3.68. The van der Waals surface area contributed by atoms with E-state index < -0.39 is 17.9 Å². The first-order valence-electron chi connectivity index (χ1n) is 5.62. The van der Waals surface area contributed by atoms with E-state index in [1.165, 1.54) is 6.33 Å². The van der Waals surface area contributed by atoms with Gasteiger partial charge in [0.2, 0.25) is 5.91 Å². The third kappa shape index (κ3) is 6.71. The molecule has 1 aromatic heterocycles. The minimum absolute atomic E-state index is 0.00672. The summed E-state index contributed by atoms with van der Waals surface area (Å²) in [5, 5.41) is 12.9. The Balaban J connectivity index is 2.20. The van der Waals surface area contributed by atoms with Crippen molar-refractivity contribution in [1.82, 2.24) is 20.6 Å². The fourth-order valence-electron chi connectivity index (χ4n) is 1.23. The summed E-state index contributed by atoms with van der Waals surface area (Å²) in [6.07, 6.45) is 2.98. The van der Waals surface area contributed by atoms with Crippen LogP contribution in [0.2, 0.25) is 0 Å². The van der Waals surface area contributed by atoms with Crippen molar-refractivity contribution < 1.29 is 19.5 Å². The first kappa shape index (κ1) is 14.6. The second-order valence-corrected chi connectivity index (χ2v) is 3.68. The molecule has 0 aliphatic rings. The molecule has 0 aromatic carbocycles. The van der Waals surface area contributed by atoms with Crippen LogP contribution in [0.5, 0.6) is 0 Å². The fraction of sp³-hybridized carbons (Fsp3) is 0.364. The zero-order chi connectivity index (χ0) is 14.1. The van der Waals surface area contributed by atoms with E-state index in [4.69, 9.17) is 5.11 Å². The highest BCUT2D eigenvalue weighted by atomic mass is 16.4. The van der Waals surface area contributed by atoms with Crippen molar-refractivity contribution in [2.45, 2.75) is 25.8 Å². The largest absolute Gasteiger partial charge is 0.481 e. The number of urea groups is 1. The van der Waals surface area contributed by atoms with Crippen molar-refractivity contribution in [3.8, 4) is 0 Å². The van der Waals surface area contributed by atoms with Gasteiger partial charge in [-0.25, -0.2) is 14.8 Å². The average molecular weight is 266 g/mol. The molecule has 0 unspecified atom stereocenters. The number of hydrogen-bond donors (Lipinski definition) is 3. The van der Waals surface area contributed by atoms with Crippen molar-refractivity contribution in [1.29, 1.82) is 0 Å². The summed E-state index contributed by atoms with van der Waals surface area (Å²) >= 11 is 0. The fourth-order valence-corrected chi connectivity index (χ4v) is 1.23. The molecule has 0 saturated heterocycles. The molecule has 3 amide bonds. The van der Waals surface area contributed by atoms with E-state index in [1.807, 2.05) is 0 Å². The second kappa shape index (κ2) is 7.75. The van der Waals surface area contributed by atoms with E-state index in [0.29, 0.717) is 5.69 Å². The summed E-state index contributed by atoms with van der Waals surface area (Å²) in [5.41, 5.74) is 0.614. The van der Waals surface area contributed by atoms with Gasteiger partial charge < -0.3 is 10.4 Å². The minimum Gasteiger partial charge on any atom is -0.481 e. The molecule has 19 heavy (non-hydrogen) atoms. The Labute approximate surface area is 109 Å². The highest BCUT2D eigenvalue weighted by Crippen LogP contribution is 1.95. The first-order chi connectivity index (χ1) is 9.08. The highest BCUT2D eigenvalue weighted by Gasteiger charge is 2.08. The number of hydrogen-bond acceptors (Lipinski definition) is 5. The van der Waals surface area contributed by atoms with Crippen LogP contribution in [0.3, 0.4) is 0 Å². The lowest BCUT2D eigenvalue weighted by Crippen LogP contribution is -2.39. The predicted molar refractivity (Wildman–Crippen MR) is 63.9 cm³/mol. The maximum Gasteiger partial charge on any atom is 0.321 e. The molecule has 1 aromatic rings. The molecule has 102 valence electrons. The van der Waals surface area contributed by atoms with E-state index in [2.05, 4.69) is 20.6 Å². The summed E-state index contributed by atoms with van der Waals surface area (Å²) in [5.74, 6) is -1.48. The summed E-state index contributed by atoms with van der Waals surface area (Å²) < 4.78 is 0. The Morgan fingerprint density at radius 2 is 2.05 bits per heavy atom. The number of carbonyl (C=O) groups is 3. The van der Waals surface area contributed by atoms with Gasteiger partial charge in [-0.05, 0) is 12.5 Å². The number of carboxylic acids is 1. The van der Waals surface area contributed by atoms with Crippen LogP contribution in [-0.2, 0) is 16.1 Å². The van der Waals surface area contributed by atoms with Gasteiger partial charge in [0.1, 0.15) is 6.33 Å². The van der Waals surface area contributed by atoms with Crippen LogP contribution in [0.4, 0.5) is 4.79 Å². The Morgan fingerprint density at radius 1 is 1.26 bits per heavy atom. The molecule has 0 saturated carbocycles. The molecular formula is C11H14N4O4. The van der Waals surface area contributed by atoms with Gasteiger partial charge in [-0.3, -0.25) is 14.9 Å². The molecule has 0 aliphatic heterocycles. The summed E-state index contributed by atoms with van der Waals surface area (Å²) in [4.78, 5) is 40.4. The number of aromatic nitrogens is 2. The van der Waals surface area contributed by atoms with Gasteiger partial charge in [-0.1, -0.05) is 0 Å². The van der Waals surface area contributed by atoms with Crippen molar-refractivity contribution in [3.63, 3.8) is 0 Å². The molecule has 3 N–H and O–H groups in total. The van der Waals surface area contributed by atoms with E-state index in [0.717, 1.165) is 0 Å². The minimum atomic E-state index is -0.971. The molecular weight excluding hydrogens is 252 g/mol.